The highest BCUT2D eigenvalue weighted by molar-refractivity contribution is 5.76. The third-order valence-corrected chi connectivity index (χ3v) is 5.52. The van der Waals surface area contributed by atoms with Crippen LogP contribution in [0.1, 0.15) is 18.4 Å². The van der Waals surface area contributed by atoms with Crippen molar-refractivity contribution >= 4 is 11.6 Å². The number of nitrogens with one attached hydrogen (secondary N) is 1. The first-order valence-corrected chi connectivity index (χ1v) is 10.7. The van der Waals surface area contributed by atoms with E-state index in [-0.39, 0.29) is 5.91 Å². The van der Waals surface area contributed by atoms with E-state index in [9.17, 15) is 4.79 Å². The van der Waals surface area contributed by atoms with Gasteiger partial charge in [-0.05, 0) is 49.2 Å². The van der Waals surface area contributed by atoms with Crippen molar-refractivity contribution in [2.75, 3.05) is 58.4 Å². The molecule has 0 atom stereocenters. The molecule has 162 valence electrons. The van der Waals surface area contributed by atoms with Gasteiger partial charge in [0.2, 0.25) is 5.91 Å². The molecule has 2 aromatic carbocycles. The second kappa shape index (κ2) is 11.5. The number of anilines is 1. The fraction of sp³-hybridized carbons (Fsp3) is 0.458. The molecule has 0 saturated carbocycles. The number of hydrogen-bond acceptors (Lipinski definition) is 5. The minimum absolute atomic E-state index is 0.0886. The number of piperazine rings is 1. The molecule has 1 aliphatic heterocycles. The average Bonchev–Trinajstić information content (AvgIpc) is 2.81. The van der Waals surface area contributed by atoms with Crippen molar-refractivity contribution in [1.29, 1.82) is 0 Å². The first kappa shape index (κ1) is 22.0. The van der Waals surface area contributed by atoms with E-state index in [0.29, 0.717) is 12.8 Å². The monoisotopic (exact) mass is 411 g/mol. The molecule has 1 fully saturated rings. The number of para-hydroxylation sites is 1. The van der Waals surface area contributed by atoms with E-state index in [0.717, 1.165) is 62.8 Å². The van der Waals surface area contributed by atoms with Gasteiger partial charge < -0.3 is 19.7 Å². The molecule has 0 bridgehead atoms. The third kappa shape index (κ3) is 6.66. The van der Waals surface area contributed by atoms with Crippen LogP contribution in [-0.4, -0.2) is 64.3 Å². The SMILES string of the molecule is COc1cc(CCC(=O)NCCCN2CCN(c3ccccc3)CC2)cc(OC)c1. The number of benzene rings is 2. The Labute approximate surface area is 179 Å². The molecule has 3 rings (SSSR count). The van der Waals surface area contributed by atoms with Crippen molar-refractivity contribution in [3.05, 3.63) is 54.1 Å². The van der Waals surface area contributed by atoms with Crippen LogP contribution in [0.2, 0.25) is 0 Å². The van der Waals surface area contributed by atoms with Crippen molar-refractivity contribution in [2.24, 2.45) is 0 Å². The summed E-state index contributed by atoms with van der Waals surface area (Å²) >= 11 is 0. The van der Waals surface area contributed by atoms with Gasteiger partial charge in [0, 0.05) is 50.9 Å². The van der Waals surface area contributed by atoms with Crippen molar-refractivity contribution < 1.29 is 14.3 Å². The highest BCUT2D eigenvalue weighted by atomic mass is 16.5. The van der Waals surface area contributed by atoms with Gasteiger partial charge >= 0.3 is 0 Å². The lowest BCUT2D eigenvalue weighted by molar-refractivity contribution is -0.121. The number of methoxy groups -OCH3 is 2. The van der Waals surface area contributed by atoms with Gasteiger partial charge in [0.25, 0.3) is 0 Å². The van der Waals surface area contributed by atoms with Crippen molar-refractivity contribution in [1.82, 2.24) is 10.2 Å². The maximum absolute atomic E-state index is 12.2. The summed E-state index contributed by atoms with van der Waals surface area (Å²) in [6.45, 7) is 6.00. The highest BCUT2D eigenvalue weighted by Crippen LogP contribution is 2.23. The number of ether oxygens (including phenoxy) is 2. The molecule has 0 aromatic heterocycles. The van der Waals surface area contributed by atoms with Crippen LogP contribution in [-0.2, 0) is 11.2 Å². The van der Waals surface area contributed by atoms with Gasteiger partial charge in [0.15, 0.2) is 0 Å². The molecule has 6 heteroatoms. The maximum Gasteiger partial charge on any atom is 0.220 e. The van der Waals surface area contributed by atoms with Crippen LogP contribution < -0.4 is 19.7 Å². The van der Waals surface area contributed by atoms with Crippen LogP contribution >= 0.6 is 0 Å². The summed E-state index contributed by atoms with van der Waals surface area (Å²) in [5.74, 6) is 1.58. The van der Waals surface area contributed by atoms with Crippen LogP contribution in [0, 0.1) is 0 Å². The Morgan fingerprint density at radius 3 is 2.27 bits per heavy atom. The zero-order valence-electron chi connectivity index (χ0n) is 18.1. The Kier molecular flexibility index (Phi) is 8.39. The van der Waals surface area contributed by atoms with Crippen LogP contribution in [0.15, 0.2) is 48.5 Å². The summed E-state index contributed by atoms with van der Waals surface area (Å²) in [5, 5.41) is 3.05. The number of carbonyl (C=O) groups is 1. The predicted molar refractivity (Wildman–Crippen MR) is 121 cm³/mol. The molecule has 0 radical (unpaired) electrons. The smallest absolute Gasteiger partial charge is 0.220 e. The number of carbonyl (C=O) groups excluding carboxylic acids is 1. The van der Waals surface area contributed by atoms with Gasteiger partial charge in [-0.3, -0.25) is 9.69 Å². The molecule has 1 heterocycles. The molecule has 0 aliphatic carbocycles. The first-order chi connectivity index (χ1) is 14.7. The number of aryl methyl sites for hydroxylation is 1. The lowest BCUT2D eigenvalue weighted by atomic mass is 10.1. The topological polar surface area (TPSA) is 54.0 Å². The van der Waals surface area contributed by atoms with Gasteiger partial charge in [-0.1, -0.05) is 18.2 Å². The summed E-state index contributed by atoms with van der Waals surface area (Å²) < 4.78 is 10.6. The number of nitrogens with zero attached hydrogens (tertiary/aromatic N) is 2. The van der Waals surface area contributed by atoms with E-state index in [1.165, 1.54) is 5.69 Å². The minimum atomic E-state index is 0.0886. The van der Waals surface area contributed by atoms with E-state index in [2.05, 4.69) is 45.4 Å². The standard InChI is InChI=1S/C24H33N3O3/c1-29-22-17-20(18-23(19-22)30-2)9-10-24(28)25-11-6-12-26-13-15-27(16-14-26)21-7-4-3-5-8-21/h3-5,7-8,17-19H,6,9-16H2,1-2H3,(H,25,28). The molecule has 1 aliphatic rings. The molecular formula is C24H33N3O3. The zero-order chi connectivity index (χ0) is 21.2. The van der Waals surface area contributed by atoms with Crippen molar-refractivity contribution in [2.45, 2.75) is 19.3 Å². The Hall–Kier alpha value is -2.73. The average molecular weight is 412 g/mol. The van der Waals surface area contributed by atoms with Gasteiger partial charge in [-0.2, -0.15) is 0 Å². The number of rotatable bonds is 10. The van der Waals surface area contributed by atoms with E-state index in [1.54, 1.807) is 14.2 Å². The molecule has 2 aromatic rings. The lowest BCUT2D eigenvalue weighted by Crippen LogP contribution is -2.47. The summed E-state index contributed by atoms with van der Waals surface area (Å²) in [7, 11) is 3.26. The number of hydrogen-bond donors (Lipinski definition) is 1. The van der Waals surface area contributed by atoms with Crippen LogP contribution in [0.5, 0.6) is 11.5 Å². The normalized spacial score (nSPS) is 14.4. The fourth-order valence-electron chi connectivity index (χ4n) is 3.76. The highest BCUT2D eigenvalue weighted by Gasteiger charge is 2.16. The molecule has 0 unspecified atom stereocenters. The molecule has 1 saturated heterocycles. The first-order valence-electron chi connectivity index (χ1n) is 10.7. The predicted octanol–water partition coefficient (Wildman–Crippen LogP) is 2.96. The molecule has 30 heavy (non-hydrogen) atoms. The molecule has 1 N–H and O–H groups in total. The second-order valence-corrected chi connectivity index (χ2v) is 7.59. The van der Waals surface area contributed by atoms with Crippen LogP contribution in [0.4, 0.5) is 5.69 Å². The quantitative estimate of drug-likeness (QED) is 0.609. The van der Waals surface area contributed by atoms with Crippen LogP contribution in [0.3, 0.4) is 0 Å². The Bertz CT molecular complexity index is 767. The maximum atomic E-state index is 12.2. The van der Waals surface area contributed by atoms with E-state index in [4.69, 9.17) is 9.47 Å². The van der Waals surface area contributed by atoms with Gasteiger partial charge in [0.05, 0.1) is 14.2 Å². The van der Waals surface area contributed by atoms with E-state index < -0.39 is 0 Å². The fourth-order valence-corrected chi connectivity index (χ4v) is 3.76. The van der Waals surface area contributed by atoms with Gasteiger partial charge in [0.1, 0.15) is 11.5 Å². The van der Waals surface area contributed by atoms with Crippen molar-refractivity contribution in [3.8, 4) is 11.5 Å². The van der Waals surface area contributed by atoms with E-state index in [1.807, 2.05) is 18.2 Å². The minimum Gasteiger partial charge on any atom is -0.497 e. The summed E-state index contributed by atoms with van der Waals surface area (Å²) in [6.07, 6.45) is 2.11. The summed E-state index contributed by atoms with van der Waals surface area (Å²) in [6, 6.07) is 16.3. The van der Waals surface area contributed by atoms with Crippen molar-refractivity contribution in [3.63, 3.8) is 0 Å². The molecule has 0 spiro atoms. The third-order valence-electron chi connectivity index (χ3n) is 5.52. The molecular weight excluding hydrogens is 378 g/mol. The summed E-state index contributed by atoms with van der Waals surface area (Å²) in [5.41, 5.74) is 2.34. The Balaban J connectivity index is 1.30. The van der Waals surface area contributed by atoms with Crippen LogP contribution in [0.25, 0.3) is 0 Å². The molecule has 6 nitrogen and oxygen atoms in total. The zero-order valence-corrected chi connectivity index (χ0v) is 18.1. The van der Waals surface area contributed by atoms with Gasteiger partial charge in [-0.25, -0.2) is 0 Å². The Morgan fingerprint density at radius 2 is 1.63 bits per heavy atom. The van der Waals surface area contributed by atoms with Gasteiger partial charge in [-0.15, -0.1) is 0 Å². The lowest BCUT2D eigenvalue weighted by Gasteiger charge is -2.36. The second-order valence-electron chi connectivity index (χ2n) is 7.59. The number of amides is 1. The summed E-state index contributed by atoms with van der Waals surface area (Å²) in [4.78, 5) is 17.1. The Morgan fingerprint density at radius 1 is 0.967 bits per heavy atom. The largest absolute Gasteiger partial charge is 0.497 e. The van der Waals surface area contributed by atoms with E-state index >= 15 is 0 Å². The molecule has 1 amide bonds.